The topological polar surface area (TPSA) is 108 Å². The molecule has 32 heavy (non-hydrogen) atoms. The molecule has 0 saturated carbocycles. The number of carbonyl (C=O) groups excluding carboxylic acids is 1. The van der Waals surface area contributed by atoms with Gasteiger partial charge >= 0.3 is 0 Å². The monoisotopic (exact) mass is 456 g/mol. The first-order chi connectivity index (χ1) is 15.4. The van der Waals surface area contributed by atoms with E-state index in [-0.39, 0.29) is 30.0 Å². The van der Waals surface area contributed by atoms with Crippen molar-refractivity contribution < 1.29 is 17.6 Å². The number of aromatic amines is 1. The summed E-state index contributed by atoms with van der Waals surface area (Å²) in [6, 6.07) is 13.0. The molecule has 0 aliphatic carbocycles. The van der Waals surface area contributed by atoms with Crippen LogP contribution in [-0.2, 0) is 27.8 Å². The number of aryl methyl sites for hydroxylation is 2. The fourth-order valence-corrected chi connectivity index (χ4v) is 5.23. The summed E-state index contributed by atoms with van der Waals surface area (Å²) in [5.74, 6) is 0.167. The Labute approximate surface area is 188 Å². The van der Waals surface area contributed by atoms with Crippen LogP contribution in [0, 0.1) is 12.8 Å². The molecule has 3 heterocycles. The molecular weight excluding hydrogens is 428 g/mol. The van der Waals surface area contributed by atoms with Crippen molar-refractivity contribution in [3.8, 4) is 11.5 Å². The Balaban J connectivity index is 1.32. The highest BCUT2D eigenvalue weighted by Gasteiger charge is 2.34. The fourth-order valence-electron chi connectivity index (χ4n) is 3.85. The van der Waals surface area contributed by atoms with Crippen molar-refractivity contribution in [3.63, 3.8) is 0 Å². The van der Waals surface area contributed by atoms with Gasteiger partial charge in [0.05, 0.1) is 0 Å². The minimum absolute atomic E-state index is 0.0317. The Morgan fingerprint density at radius 1 is 1.16 bits per heavy atom. The summed E-state index contributed by atoms with van der Waals surface area (Å²) in [5.41, 5.74) is 3.73. The Hall–Kier alpha value is -2.91. The lowest BCUT2D eigenvalue weighted by Crippen LogP contribution is -2.42. The quantitative estimate of drug-likeness (QED) is 0.567. The second kappa shape index (κ2) is 9.30. The number of nitrogens with one attached hydrogen (secondary N) is 2. The van der Waals surface area contributed by atoms with Gasteiger partial charge in [-0.3, -0.25) is 9.89 Å². The molecule has 1 aromatic carbocycles. The molecule has 0 unspecified atom stereocenters. The van der Waals surface area contributed by atoms with Crippen LogP contribution < -0.4 is 5.32 Å². The maximum absolute atomic E-state index is 13.0. The lowest BCUT2D eigenvalue weighted by Gasteiger charge is -2.29. The number of benzene rings is 1. The third-order valence-corrected chi connectivity index (χ3v) is 7.63. The summed E-state index contributed by atoms with van der Waals surface area (Å²) < 4.78 is 32.9. The molecule has 2 aromatic heterocycles. The summed E-state index contributed by atoms with van der Waals surface area (Å²) in [5, 5.41) is 9.79. The number of piperidine rings is 1. The molecule has 3 aromatic rings. The van der Waals surface area contributed by atoms with Gasteiger partial charge in [-0.25, -0.2) is 8.42 Å². The number of carbonyl (C=O) groups is 1. The number of sulfonamides is 1. The molecule has 170 valence electrons. The zero-order valence-corrected chi connectivity index (χ0v) is 19.1. The van der Waals surface area contributed by atoms with E-state index in [0.717, 1.165) is 17.7 Å². The number of nitrogens with zero attached hydrogens (tertiary/aromatic N) is 2. The second-order valence-corrected chi connectivity index (χ2v) is 9.99. The predicted molar refractivity (Wildman–Crippen MR) is 120 cm³/mol. The largest absolute Gasteiger partial charge is 0.442 e. The molecule has 2 N–H and O–H groups in total. The van der Waals surface area contributed by atoms with Gasteiger partial charge in [0.1, 0.15) is 5.69 Å². The minimum atomic E-state index is -3.76. The second-order valence-electron chi connectivity index (χ2n) is 8.12. The highest BCUT2D eigenvalue weighted by Crippen LogP contribution is 2.28. The van der Waals surface area contributed by atoms with Crippen molar-refractivity contribution in [2.45, 2.75) is 44.7 Å². The molecule has 1 aliphatic rings. The van der Waals surface area contributed by atoms with Gasteiger partial charge in [0.25, 0.3) is 10.0 Å². The summed E-state index contributed by atoms with van der Waals surface area (Å²) in [7, 11) is -3.76. The fraction of sp³-hybridized carbons (Fsp3) is 0.391. The maximum Gasteiger partial charge on any atom is 0.276 e. The van der Waals surface area contributed by atoms with Gasteiger partial charge < -0.3 is 9.73 Å². The highest BCUT2D eigenvalue weighted by molar-refractivity contribution is 7.89. The van der Waals surface area contributed by atoms with Crippen molar-refractivity contribution in [1.82, 2.24) is 19.8 Å². The molecule has 9 heteroatoms. The predicted octanol–water partition coefficient (Wildman–Crippen LogP) is 3.26. The number of rotatable bonds is 7. The number of hydrogen-bond donors (Lipinski definition) is 2. The van der Waals surface area contributed by atoms with Gasteiger partial charge in [-0.05, 0) is 55.5 Å². The molecular formula is C23H28N4O4S. The third-order valence-electron chi connectivity index (χ3n) is 5.86. The SMILES string of the molecule is CCc1ccc(CNC(=O)C2CCN(S(=O)(=O)c3ccc(-c4cc(C)[nH]n4)o3)CC2)cc1. The molecule has 8 nitrogen and oxygen atoms in total. The van der Waals surface area contributed by atoms with Crippen molar-refractivity contribution in [2.75, 3.05) is 13.1 Å². The average molecular weight is 457 g/mol. The summed E-state index contributed by atoms with van der Waals surface area (Å²) in [6.45, 7) is 5.00. The van der Waals surface area contributed by atoms with E-state index in [1.54, 1.807) is 12.1 Å². The Kier molecular flexibility index (Phi) is 6.48. The molecule has 1 aliphatic heterocycles. The van der Waals surface area contributed by atoms with Crippen LogP contribution in [0.1, 0.15) is 36.6 Å². The van der Waals surface area contributed by atoms with Gasteiger partial charge in [0.2, 0.25) is 11.0 Å². The average Bonchev–Trinajstić information content (AvgIpc) is 3.47. The van der Waals surface area contributed by atoms with E-state index in [2.05, 4.69) is 34.6 Å². The van der Waals surface area contributed by atoms with Gasteiger partial charge in [0, 0.05) is 31.2 Å². The molecule has 1 fully saturated rings. The smallest absolute Gasteiger partial charge is 0.276 e. The molecule has 4 rings (SSSR count). The van der Waals surface area contributed by atoms with E-state index in [1.165, 1.54) is 15.9 Å². The lowest BCUT2D eigenvalue weighted by molar-refractivity contribution is -0.126. The van der Waals surface area contributed by atoms with E-state index < -0.39 is 10.0 Å². The van der Waals surface area contributed by atoms with E-state index in [9.17, 15) is 13.2 Å². The molecule has 0 radical (unpaired) electrons. The molecule has 0 atom stereocenters. The summed E-state index contributed by atoms with van der Waals surface area (Å²) in [6.07, 6.45) is 1.94. The minimum Gasteiger partial charge on any atom is -0.442 e. The van der Waals surface area contributed by atoms with Gasteiger partial charge in [-0.2, -0.15) is 9.40 Å². The van der Waals surface area contributed by atoms with Crippen molar-refractivity contribution in [2.24, 2.45) is 5.92 Å². The summed E-state index contributed by atoms with van der Waals surface area (Å²) in [4.78, 5) is 12.6. The van der Waals surface area contributed by atoms with Crippen LogP contribution in [0.15, 0.2) is 52.0 Å². The van der Waals surface area contributed by atoms with Crippen molar-refractivity contribution in [1.29, 1.82) is 0 Å². The Bertz CT molecular complexity index is 1170. The van der Waals surface area contributed by atoms with Gasteiger partial charge in [0.15, 0.2) is 5.76 Å². The van der Waals surface area contributed by atoms with E-state index in [1.807, 2.05) is 19.1 Å². The first-order valence-corrected chi connectivity index (χ1v) is 12.3. The first-order valence-electron chi connectivity index (χ1n) is 10.8. The highest BCUT2D eigenvalue weighted by atomic mass is 32.2. The van der Waals surface area contributed by atoms with Crippen molar-refractivity contribution in [3.05, 3.63) is 59.3 Å². The normalized spacial score (nSPS) is 15.7. The van der Waals surface area contributed by atoms with Gasteiger partial charge in [-0.1, -0.05) is 31.2 Å². The van der Waals surface area contributed by atoms with E-state index >= 15 is 0 Å². The van der Waals surface area contributed by atoms with Crippen LogP contribution >= 0.6 is 0 Å². The summed E-state index contributed by atoms with van der Waals surface area (Å²) >= 11 is 0. The van der Waals surface area contributed by atoms with Crippen LogP contribution in [-0.4, -0.2) is 41.9 Å². The van der Waals surface area contributed by atoms with Gasteiger partial charge in [-0.15, -0.1) is 0 Å². The van der Waals surface area contributed by atoms with E-state index in [0.29, 0.717) is 30.8 Å². The van der Waals surface area contributed by atoms with Crippen LogP contribution in [0.2, 0.25) is 0 Å². The van der Waals surface area contributed by atoms with E-state index in [4.69, 9.17) is 4.42 Å². The third kappa shape index (κ3) is 4.78. The number of aromatic nitrogens is 2. The zero-order chi connectivity index (χ0) is 22.7. The molecule has 0 spiro atoms. The molecule has 1 saturated heterocycles. The molecule has 1 amide bonds. The lowest BCUT2D eigenvalue weighted by atomic mass is 9.97. The standard InChI is InChI=1S/C23H28N4O4S/c1-3-17-4-6-18(7-5-17)15-24-23(28)19-10-12-27(13-11-19)32(29,30)22-9-8-21(31-22)20-14-16(2)25-26-20/h4-9,14,19H,3,10-13,15H2,1-2H3,(H,24,28)(H,25,26). The number of H-pyrrole nitrogens is 1. The Morgan fingerprint density at radius 3 is 2.47 bits per heavy atom. The van der Waals surface area contributed by atoms with Crippen LogP contribution in [0.5, 0.6) is 0 Å². The first kappa shape index (κ1) is 22.3. The van der Waals surface area contributed by atoms with Crippen LogP contribution in [0.25, 0.3) is 11.5 Å². The van der Waals surface area contributed by atoms with Crippen LogP contribution in [0.3, 0.4) is 0 Å². The molecule has 0 bridgehead atoms. The Morgan fingerprint density at radius 2 is 1.84 bits per heavy atom. The van der Waals surface area contributed by atoms with Crippen LogP contribution in [0.4, 0.5) is 0 Å². The number of amides is 1. The zero-order valence-electron chi connectivity index (χ0n) is 18.3. The maximum atomic E-state index is 13.0. The number of furan rings is 1. The van der Waals surface area contributed by atoms with Crippen molar-refractivity contribution >= 4 is 15.9 Å². The number of hydrogen-bond acceptors (Lipinski definition) is 5.